The Hall–Kier alpha value is -0.860. The largest absolute Gasteiger partial charge is 0.316 e. The molecule has 2 saturated carbocycles. The van der Waals surface area contributed by atoms with Gasteiger partial charge in [0.25, 0.3) is 0 Å². The average molecular weight is 242 g/mol. The predicted molar refractivity (Wildman–Crippen MR) is 73.6 cm³/mol. The van der Waals surface area contributed by atoms with Gasteiger partial charge in [0.2, 0.25) is 0 Å². The molecule has 1 aromatic rings. The van der Waals surface area contributed by atoms with Gasteiger partial charge < -0.3 is 10.6 Å². The molecule has 1 aromatic carbocycles. The van der Waals surface area contributed by atoms with Crippen molar-refractivity contribution in [3.8, 4) is 0 Å². The quantitative estimate of drug-likeness (QED) is 0.848. The van der Waals surface area contributed by atoms with Gasteiger partial charge in [0, 0.05) is 18.0 Å². The van der Waals surface area contributed by atoms with Crippen LogP contribution in [0.5, 0.6) is 0 Å². The number of piperidine rings is 1. The topological polar surface area (TPSA) is 24.1 Å². The molecule has 2 bridgehead atoms. The summed E-state index contributed by atoms with van der Waals surface area (Å²) in [5.74, 6) is 2.56. The second-order valence-electron chi connectivity index (χ2n) is 6.31. The van der Waals surface area contributed by atoms with E-state index in [0.29, 0.717) is 0 Å². The summed E-state index contributed by atoms with van der Waals surface area (Å²) < 4.78 is 0. The van der Waals surface area contributed by atoms with Crippen LogP contribution < -0.4 is 10.6 Å². The molecule has 1 saturated heterocycles. The molecular formula is C16H22N2. The van der Waals surface area contributed by atoms with Crippen molar-refractivity contribution >= 4 is 0 Å². The molecule has 0 radical (unpaired) electrons. The highest BCUT2D eigenvalue weighted by Crippen LogP contribution is 2.43. The van der Waals surface area contributed by atoms with E-state index < -0.39 is 0 Å². The maximum Gasteiger partial charge on any atom is 0.0151 e. The number of nitrogens with one attached hydrogen (secondary N) is 2. The molecule has 1 aliphatic heterocycles. The molecule has 2 heteroatoms. The fraction of sp³-hybridized carbons (Fsp3) is 0.625. The van der Waals surface area contributed by atoms with E-state index in [0.717, 1.165) is 29.8 Å². The molecule has 18 heavy (non-hydrogen) atoms. The third kappa shape index (κ3) is 1.88. The number of rotatable bonds is 3. The van der Waals surface area contributed by atoms with E-state index in [1.165, 1.54) is 37.9 Å². The fourth-order valence-corrected chi connectivity index (χ4v) is 4.05. The first-order chi connectivity index (χ1) is 8.92. The molecule has 2 aliphatic carbocycles. The van der Waals surface area contributed by atoms with E-state index in [2.05, 4.69) is 41.0 Å². The molecule has 0 amide bonds. The molecule has 3 aliphatic rings. The van der Waals surface area contributed by atoms with Crippen LogP contribution in [0.25, 0.3) is 0 Å². The Bertz CT molecular complexity index is 400. The van der Waals surface area contributed by atoms with Crippen LogP contribution in [-0.2, 0) is 0 Å². The van der Waals surface area contributed by atoms with Gasteiger partial charge in [-0.25, -0.2) is 0 Å². The van der Waals surface area contributed by atoms with Gasteiger partial charge in [0.1, 0.15) is 0 Å². The Labute approximate surface area is 109 Å². The Morgan fingerprint density at radius 2 is 1.72 bits per heavy atom. The summed E-state index contributed by atoms with van der Waals surface area (Å²) >= 11 is 0. The van der Waals surface area contributed by atoms with Crippen molar-refractivity contribution in [2.24, 2.45) is 11.8 Å². The van der Waals surface area contributed by atoms with Crippen LogP contribution in [0.3, 0.4) is 0 Å². The first-order valence-electron chi connectivity index (χ1n) is 7.43. The SMILES string of the molecule is c1ccc([C@H]2C[C@@H]2NC2C3CCC2CNC3)cc1. The van der Waals surface area contributed by atoms with Crippen molar-refractivity contribution in [1.82, 2.24) is 10.6 Å². The summed E-state index contributed by atoms with van der Waals surface area (Å²) in [6, 6.07) is 12.6. The van der Waals surface area contributed by atoms with Crippen molar-refractivity contribution in [2.45, 2.75) is 37.3 Å². The number of hydrogen-bond donors (Lipinski definition) is 2. The zero-order valence-corrected chi connectivity index (χ0v) is 10.8. The lowest BCUT2D eigenvalue weighted by atomic mass is 9.93. The van der Waals surface area contributed by atoms with Crippen LogP contribution in [-0.4, -0.2) is 25.2 Å². The predicted octanol–water partition coefficient (Wildman–Crippen LogP) is 2.13. The van der Waals surface area contributed by atoms with Crippen molar-refractivity contribution in [3.63, 3.8) is 0 Å². The highest BCUT2D eigenvalue weighted by atomic mass is 15.1. The molecular weight excluding hydrogens is 220 g/mol. The smallest absolute Gasteiger partial charge is 0.0151 e. The van der Waals surface area contributed by atoms with Crippen LogP contribution in [0, 0.1) is 11.8 Å². The van der Waals surface area contributed by atoms with Gasteiger partial charge in [-0.3, -0.25) is 0 Å². The maximum absolute atomic E-state index is 3.96. The highest BCUT2D eigenvalue weighted by Gasteiger charge is 2.45. The second kappa shape index (κ2) is 4.36. The van der Waals surface area contributed by atoms with Crippen LogP contribution in [0.2, 0.25) is 0 Å². The van der Waals surface area contributed by atoms with E-state index >= 15 is 0 Å². The van der Waals surface area contributed by atoms with Gasteiger partial charge in [0.15, 0.2) is 0 Å². The first-order valence-corrected chi connectivity index (χ1v) is 7.43. The van der Waals surface area contributed by atoms with E-state index in [1.54, 1.807) is 0 Å². The van der Waals surface area contributed by atoms with Gasteiger partial charge in [0.05, 0.1) is 0 Å². The van der Waals surface area contributed by atoms with Gasteiger partial charge in [-0.2, -0.15) is 0 Å². The molecule has 2 N–H and O–H groups in total. The lowest BCUT2D eigenvalue weighted by molar-refractivity contribution is 0.269. The maximum atomic E-state index is 3.96. The lowest BCUT2D eigenvalue weighted by Crippen LogP contribution is -2.50. The fourth-order valence-electron chi connectivity index (χ4n) is 4.05. The van der Waals surface area contributed by atoms with E-state index in [1.807, 2.05) is 0 Å². The van der Waals surface area contributed by atoms with Gasteiger partial charge >= 0.3 is 0 Å². The highest BCUT2D eigenvalue weighted by molar-refractivity contribution is 5.28. The Morgan fingerprint density at radius 3 is 2.44 bits per heavy atom. The van der Waals surface area contributed by atoms with Crippen molar-refractivity contribution in [2.75, 3.05) is 13.1 Å². The van der Waals surface area contributed by atoms with Crippen LogP contribution >= 0.6 is 0 Å². The van der Waals surface area contributed by atoms with Crippen LogP contribution in [0.4, 0.5) is 0 Å². The zero-order chi connectivity index (χ0) is 11.9. The average Bonchev–Trinajstić information content (AvgIpc) is 3.14. The Kier molecular flexibility index (Phi) is 2.66. The molecule has 2 nitrogen and oxygen atoms in total. The number of hydrogen-bond acceptors (Lipinski definition) is 2. The van der Waals surface area contributed by atoms with E-state index in [-0.39, 0.29) is 0 Å². The summed E-state index contributed by atoms with van der Waals surface area (Å²) in [6.07, 6.45) is 4.20. The summed E-state index contributed by atoms with van der Waals surface area (Å²) in [4.78, 5) is 0. The number of benzene rings is 1. The standard InChI is InChI=1S/C16H22N2/c1-2-4-11(5-3-1)14-8-15(14)18-16-12-6-7-13(16)10-17-9-12/h1-5,12-18H,6-10H2/t12?,13?,14-,15+,16?/m1/s1. The normalized spacial score (nSPS) is 41.9. The van der Waals surface area contributed by atoms with E-state index in [4.69, 9.17) is 0 Å². The first kappa shape index (κ1) is 11.0. The molecule has 0 spiro atoms. The van der Waals surface area contributed by atoms with Crippen molar-refractivity contribution in [3.05, 3.63) is 35.9 Å². The molecule has 2 unspecified atom stereocenters. The number of fused-ring (bicyclic) bond motifs is 2. The van der Waals surface area contributed by atoms with Gasteiger partial charge in [-0.05, 0) is 49.8 Å². The van der Waals surface area contributed by atoms with E-state index in [9.17, 15) is 0 Å². The minimum atomic E-state index is 0.749. The summed E-state index contributed by atoms with van der Waals surface area (Å²) in [5, 5.41) is 7.54. The molecule has 4 atom stereocenters. The summed E-state index contributed by atoms with van der Waals surface area (Å²) in [6.45, 7) is 2.47. The minimum Gasteiger partial charge on any atom is -0.316 e. The van der Waals surface area contributed by atoms with Crippen LogP contribution in [0.15, 0.2) is 30.3 Å². The Morgan fingerprint density at radius 1 is 1.00 bits per heavy atom. The Balaban J connectivity index is 1.40. The summed E-state index contributed by atoms with van der Waals surface area (Å²) in [7, 11) is 0. The van der Waals surface area contributed by atoms with Crippen LogP contribution in [0.1, 0.15) is 30.7 Å². The molecule has 0 aromatic heterocycles. The summed E-state index contributed by atoms with van der Waals surface area (Å²) in [5.41, 5.74) is 1.52. The monoisotopic (exact) mass is 242 g/mol. The van der Waals surface area contributed by atoms with Gasteiger partial charge in [-0.1, -0.05) is 30.3 Å². The third-order valence-corrected chi connectivity index (χ3v) is 5.16. The second-order valence-corrected chi connectivity index (χ2v) is 6.31. The molecule has 96 valence electrons. The minimum absolute atomic E-state index is 0.749. The molecule has 1 heterocycles. The van der Waals surface area contributed by atoms with Gasteiger partial charge in [-0.15, -0.1) is 0 Å². The molecule has 4 rings (SSSR count). The third-order valence-electron chi connectivity index (χ3n) is 5.16. The zero-order valence-electron chi connectivity index (χ0n) is 10.8. The lowest BCUT2D eigenvalue weighted by Gasteiger charge is -2.32. The molecule has 3 fully saturated rings. The van der Waals surface area contributed by atoms with Crippen molar-refractivity contribution in [1.29, 1.82) is 0 Å². The van der Waals surface area contributed by atoms with Crippen molar-refractivity contribution < 1.29 is 0 Å².